The number of rotatable bonds is 4. The van der Waals surface area contributed by atoms with E-state index in [2.05, 4.69) is 19.2 Å². The van der Waals surface area contributed by atoms with Crippen LogP contribution in [0.5, 0.6) is 0 Å². The van der Waals surface area contributed by atoms with Crippen LogP contribution in [-0.2, 0) is 15.6 Å². The molecule has 1 aliphatic rings. The molecule has 3 nitrogen and oxygen atoms in total. The number of aryl methyl sites for hydroxylation is 1. The average Bonchev–Trinajstić information content (AvgIpc) is 2.36. The lowest BCUT2D eigenvalue weighted by molar-refractivity contribution is 0.178. The molecule has 1 aliphatic carbocycles. The average molecular weight is 309 g/mol. The molecule has 0 heterocycles. The smallest absolute Gasteiger partial charge is 0.158 e. The SMILES string of the molecule is CNC1C(S(=O)(=O)Cc2cccc(C)c2)CCCC1(C)C. The first kappa shape index (κ1) is 16.5. The summed E-state index contributed by atoms with van der Waals surface area (Å²) in [5, 5.41) is 2.98. The Bertz CT molecular complexity index is 593. The van der Waals surface area contributed by atoms with Gasteiger partial charge in [-0.1, -0.05) is 50.1 Å². The number of hydrogen-bond acceptors (Lipinski definition) is 3. The highest BCUT2D eigenvalue weighted by Crippen LogP contribution is 2.39. The van der Waals surface area contributed by atoms with Crippen LogP contribution < -0.4 is 5.32 Å². The predicted octanol–water partition coefficient (Wildman–Crippen LogP) is 3.08. The maximum absolute atomic E-state index is 12.9. The first-order valence-electron chi connectivity index (χ1n) is 7.71. The Labute approximate surface area is 129 Å². The molecule has 1 fully saturated rings. The number of nitrogens with one attached hydrogen (secondary N) is 1. The van der Waals surface area contributed by atoms with Gasteiger partial charge in [0.15, 0.2) is 9.84 Å². The first-order valence-corrected chi connectivity index (χ1v) is 9.42. The van der Waals surface area contributed by atoms with Crippen molar-refractivity contribution in [3.63, 3.8) is 0 Å². The molecular formula is C17H27NO2S. The molecule has 0 bridgehead atoms. The molecule has 2 rings (SSSR count). The lowest BCUT2D eigenvalue weighted by Crippen LogP contribution is -2.54. The summed E-state index contributed by atoms with van der Waals surface area (Å²) in [6, 6.07) is 7.84. The molecule has 1 N–H and O–H groups in total. The summed E-state index contributed by atoms with van der Waals surface area (Å²) in [4.78, 5) is 0. The summed E-state index contributed by atoms with van der Waals surface area (Å²) >= 11 is 0. The van der Waals surface area contributed by atoms with Gasteiger partial charge >= 0.3 is 0 Å². The van der Waals surface area contributed by atoms with Gasteiger partial charge in [0.05, 0.1) is 11.0 Å². The Morgan fingerprint density at radius 1 is 1.33 bits per heavy atom. The van der Waals surface area contributed by atoms with E-state index in [-0.39, 0.29) is 22.5 Å². The summed E-state index contributed by atoms with van der Waals surface area (Å²) < 4.78 is 25.8. The molecule has 0 aromatic heterocycles. The van der Waals surface area contributed by atoms with Crippen LogP contribution in [0.1, 0.15) is 44.2 Å². The van der Waals surface area contributed by atoms with Gasteiger partial charge in [-0.2, -0.15) is 0 Å². The molecule has 0 aliphatic heterocycles. The molecule has 2 unspecified atom stereocenters. The fourth-order valence-electron chi connectivity index (χ4n) is 3.69. The lowest BCUT2D eigenvalue weighted by Gasteiger charge is -2.43. The van der Waals surface area contributed by atoms with Gasteiger partial charge < -0.3 is 5.32 Å². The zero-order valence-electron chi connectivity index (χ0n) is 13.5. The third kappa shape index (κ3) is 3.67. The second-order valence-electron chi connectivity index (χ2n) is 6.98. The molecule has 0 amide bonds. The van der Waals surface area contributed by atoms with E-state index < -0.39 is 9.84 Å². The second kappa shape index (κ2) is 6.09. The maximum atomic E-state index is 12.9. The van der Waals surface area contributed by atoms with Crippen molar-refractivity contribution >= 4 is 9.84 Å². The Balaban J connectivity index is 2.25. The van der Waals surface area contributed by atoms with E-state index in [9.17, 15) is 8.42 Å². The van der Waals surface area contributed by atoms with E-state index in [0.29, 0.717) is 0 Å². The fourth-order valence-corrected chi connectivity index (χ4v) is 5.99. The standard InChI is InChI=1S/C17H27NO2S/c1-13-7-5-8-14(11-13)12-21(19,20)15-9-6-10-17(2,3)16(15)18-4/h5,7-8,11,15-16,18H,6,9-10,12H2,1-4H3. The zero-order chi connectivity index (χ0) is 15.7. The largest absolute Gasteiger partial charge is 0.315 e. The molecule has 0 radical (unpaired) electrons. The molecular weight excluding hydrogens is 282 g/mol. The Morgan fingerprint density at radius 3 is 2.67 bits per heavy atom. The summed E-state index contributed by atoms with van der Waals surface area (Å²) in [6.07, 6.45) is 2.83. The molecule has 21 heavy (non-hydrogen) atoms. The van der Waals surface area contributed by atoms with Crippen molar-refractivity contribution in [1.29, 1.82) is 0 Å². The quantitative estimate of drug-likeness (QED) is 0.929. The van der Waals surface area contributed by atoms with E-state index in [1.165, 1.54) is 0 Å². The summed E-state index contributed by atoms with van der Waals surface area (Å²) in [5.41, 5.74) is 2.03. The third-order valence-corrected chi connectivity index (χ3v) is 6.91. The molecule has 118 valence electrons. The van der Waals surface area contributed by atoms with Gasteiger partial charge in [-0.15, -0.1) is 0 Å². The molecule has 1 aromatic rings. The van der Waals surface area contributed by atoms with Crippen molar-refractivity contribution in [2.45, 2.75) is 57.1 Å². The van der Waals surface area contributed by atoms with Crippen molar-refractivity contribution < 1.29 is 8.42 Å². The summed E-state index contributed by atoms with van der Waals surface area (Å²) in [6.45, 7) is 6.33. The number of benzene rings is 1. The highest BCUT2D eigenvalue weighted by atomic mass is 32.2. The maximum Gasteiger partial charge on any atom is 0.158 e. The van der Waals surface area contributed by atoms with Crippen molar-refractivity contribution in [2.75, 3.05) is 7.05 Å². The van der Waals surface area contributed by atoms with Gasteiger partial charge in [0.25, 0.3) is 0 Å². The van der Waals surface area contributed by atoms with Crippen molar-refractivity contribution in [3.8, 4) is 0 Å². The van der Waals surface area contributed by atoms with Crippen molar-refractivity contribution in [1.82, 2.24) is 5.32 Å². The van der Waals surface area contributed by atoms with Crippen LogP contribution in [0.3, 0.4) is 0 Å². The van der Waals surface area contributed by atoms with Gasteiger partial charge in [-0.05, 0) is 37.8 Å². The van der Waals surface area contributed by atoms with E-state index in [1.807, 2.05) is 38.2 Å². The lowest BCUT2D eigenvalue weighted by atomic mass is 9.73. The van der Waals surface area contributed by atoms with Crippen LogP contribution in [0, 0.1) is 12.3 Å². The Kier molecular flexibility index (Phi) is 4.79. The monoisotopic (exact) mass is 309 g/mol. The number of hydrogen-bond donors (Lipinski definition) is 1. The van der Waals surface area contributed by atoms with Crippen LogP contribution in [0.4, 0.5) is 0 Å². The molecule has 2 atom stereocenters. The normalized spacial score (nSPS) is 25.7. The van der Waals surface area contributed by atoms with E-state index in [1.54, 1.807) is 0 Å². The minimum Gasteiger partial charge on any atom is -0.315 e. The van der Waals surface area contributed by atoms with Gasteiger partial charge in [0, 0.05) is 6.04 Å². The predicted molar refractivity (Wildman–Crippen MR) is 88.1 cm³/mol. The second-order valence-corrected chi connectivity index (χ2v) is 9.20. The van der Waals surface area contributed by atoms with Crippen LogP contribution in [0.25, 0.3) is 0 Å². The van der Waals surface area contributed by atoms with Gasteiger partial charge in [0.2, 0.25) is 0 Å². The first-order chi connectivity index (χ1) is 9.76. The van der Waals surface area contributed by atoms with Gasteiger partial charge in [-0.3, -0.25) is 0 Å². The van der Waals surface area contributed by atoms with E-state index in [0.717, 1.165) is 30.4 Å². The fraction of sp³-hybridized carbons (Fsp3) is 0.647. The van der Waals surface area contributed by atoms with E-state index in [4.69, 9.17) is 0 Å². The van der Waals surface area contributed by atoms with Crippen molar-refractivity contribution in [3.05, 3.63) is 35.4 Å². The molecule has 1 saturated carbocycles. The molecule has 0 saturated heterocycles. The third-order valence-electron chi connectivity index (χ3n) is 4.75. The van der Waals surface area contributed by atoms with Gasteiger partial charge in [0.1, 0.15) is 0 Å². The van der Waals surface area contributed by atoms with Crippen LogP contribution in [0.15, 0.2) is 24.3 Å². The Hall–Kier alpha value is -0.870. The van der Waals surface area contributed by atoms with Crippen LogP contribution in [0.2, 0.25) is 0 Å². The minimum atomic E-state index is -3.15. The topological polar surface area (TPSA) is 46.2 Å². The zero-order valence-corrected chi connectivity index (χ0v) is 14.3. The summed E-state index contributed by atoms with van der Waals surface area (Å²) in [7, 11) is -1.27. The van der Waals surface area contributed by atoms with Crippen LogP contribution in [-0.4, -0.2) is 26.8 Å². The van der Waals surface area contributed by atoms with Gasteiger partial charge in [-0.25, -0.2) is 8.42 Å². The molecule has 1 aromatic carbocycles. The minimum absolute atomic E-state index is 0.0251. The highest BCUT2D eigenvalue weighted by Gasteiger charge is 2.43. The van der Waals surface area contributed by atoms with Crippen molar-refractivity contribution in [2.24, 2.45) is 5.41 Å². The van der Waals surface area contributed by atoms with Crippen LogP contribution >= 0.6 is 0 Å². The molecule has 4 heteroatoms. The summed E-state index contributed by atoms with van der Waals surface area (Å²) in [5.74, 6) is 0.146. The number of sulfone groups is 1. The van der Waals surface area contributed by atoms with E-state index >= 15 is 0 Å². The Morgan fingerprint density at radius 2 is 2.05 bits per heavy atom. The highest BCUT2D eigenvalue weighted by molar-refractivity contribution is 7.91. The molecule has 0 spiro atoms.